The van der Waals surface area contributed by atoms with Gasteiger partial charge in [-0.2, -0.15) is 0 Å². The van der Waals surface area contributed by atoms with E-state index in [9.17, 15) is 4.79 Å². The largest absolute Gasteiger partial charge is 0.376 e. The fraction of sp³-hybridized carbons (Fsp3) is 0.368. The van der Waals surface area contributed by atoms with Crippen molar-refractivity contribution in [2.75, 3.05) is 19.7 Å². The van der Waals surface area contributed by atoms with Crippen molar-refractivity contribution in [2.24, 2.45) is 0 Å². The Bertz CT molecular complexity index is 729. The summed E-state index contributed by atoms with van der Waals surface area (Å²) in [4.78, 5) is 17.3. The first-order valence-corrected chi connectivity index (χ1v) is 8.77. The van der Waals surface area contributed by atoms with Crippen molar-refractivity contribution in [3.05, 3.63) is 64.4 Å². The minimum absolute atomic E-state index is 0.00719. The van der Waals surface area contributed by atoms with E-state index in [-0.39, 0.29) is 12.0 Å². The first-order valence-electron chi connectivity index (χ1n) is 8.36. The zero-order valence-electron chi connectivity index (χ0n) is 13.6. The molecule has 1 aromatic carbocycles. The van der Waals surface area contributed by atoms with Crippen molar-refractivity contribution >= 4 is 18.1 Å². The summed E-state index contributed by atoms with van der Waals surface area (Å²) in [6.07, 6.45) is 4.78. The molecule has 1 saturated heterocycles. The second-order valence-electron chi connectivity index (χ2n) is 6.03. The van der Waals surface area contributed by atoms with Gasteiger partial charge in [-0.3, -0.25) is 4.79 Å². The van der Waals surface area contributed by atoms with E-state index in [1.54, 1.807) is 18.3 Å². The fourth-order valence-corrected chi connectivity index (χ4v) is 3.20. The second-order valence-corrected chi connectivity index (χ2v) is 6.44. The molecule has 0 aliphatic carbocycles. The van der Waals surface area contributed by atoms with Crippen molar-refractivity contribution in [3.63, 3.8) is 0 Å². The average Bonchev–Trinajstić information content (AvgIpc) is 3.08. The number of H-pyrrole nitrogens is 1. The molecule has 1 N–H and O–H groups in total. The number of aryl methyl sites for hydroxylation is 1. The van der Waals surface area contributed by atoms with Crippen LogP contribution in [0.4, 0.5) is 0 Å². The molecule has 3 rings (SSSR count). The Hall–Kier alpha value is -1.98. The van der Waals surface area contributed by atoms with E-state index >= 15 is 0 Å². The van der Waals surface area contributed by atoms with E-state index in [1.807, 2.05) is 11.0 Å². The van der Waals surface area contributed by atoms with E-state index < -0.39 is 0 Å². The van der Waals surface area contributed by atoms with Crippen LogP contribution in [0.15, 0.2) is 48.7 Å². The van der Waals surface area contributed by atoms with E-state index in [4.69, 9.17) is 17.0 Å². The number of benzene rings is 1. The highest BCUT2D eigenvalue weighted by atomic mass is 32.1. The number of rotatable bonds is 6. The van der Waals surface area contributed by atoms with Crippen LogP contribution in [0, 0.1) is 4.64 Å². The molecule has 0 saturated carbocycles. The molecule has 1 aliphatic rings. The predicted octanol–water partition coefficient (Wildman–Crippen LogP) is 3.61. The molecule has 1 atom stereocenters. The number of ether oxygens (including phenoxy) is 1. The highest BCUT2D eigenvalue weighted by Gasteiger charge is 2.27. The van der Waals surface area contributed by atoms with Crippen molar-refractivity contribution in [3.8, 4) is 0 Å². The van der Waals surface area contributed by atoms with Gasteiger partial charge in [-0.05, 0) is 37.0 Å². The third kappa shape index (κ3) is 4.30. The Morgan fingerprint density at radius 2 is 2.08 bits per heavy atom. The fourth-order valence-electron chi connectivity index (χ4n) is 2.98. The molecule has 2 heterocycles. The normalized spacial score (nSPS) is 17.2. The number of likely N-dealkylation sites (tertiary alicyclic amines) is 1. The molecule has 0 radical (unpaired) electrons. The molecule has 1 aliphatic heterocycles. The molecule has 1 aromatic heterocycles. The van der Waals surface area contributed by atoms with Crippen LogP contribution in [0.3, 0.4) is 0 Å². The lowest BCUT2D eigenvalue weighted by molar-refractivity contribution is 0.0524. The van der Waals surface area contributed by atoms with Gasteiger partial charge in [-0.1, -0.05) is 42.5 Å². The molecule has 1 fully saturated rings. The Morgan fingerprint density at radius 1 is 1.25 bits per heavy atom. The van der Waals surface area contributed by atoms with E-state index in [0.717, 1.165) is 32.4 Å². The summed E-state index contributed by atoms with van der Waals surface area (Å²) in [7, 11) is 0. The van der Waals surface area contributed by atoms with Crippen LogP contribution in [-0.4, -0.2) is 41.6 Å². The Kier molecular flexibility index (Phi) is 5.77. The maximum Gasteiger partial charge on any atom is 0.256 e. The van der Waals surface area contributed by atoms with Gasteiger partial charge >= 0.3 is 0 Å². The van der Waals surface area contributed by atoms with Gasteiger partial charge in [0.15, 0.2) is 0 Å². The summed E-state index contributed by atoms with van der Waals surface area (Å²) in [6.45, 7) is 2.10. The third-order valence-corrected chi connectivity index (χ3v) is 4.62. The summed E-state index contributed by atoms with van der Waals surface area (Å²) in [5.41, 5.74) is 1.90. The molecule has 5 heteroatoms. The molecular formula is C19H22N2O2S. The number of carbonyl (C=O) groups is 1. The summed E-state index contributed by atoms with van der Waals surface area (Å²) >= 11 is 5.19. The number of hydrogen-bond acceptors (Lipinski definition) is 3. The molecular weight excluding hydrogens is 320 g/mol. The van der Waals surface area contributed by atoms with Gasteiger partial charge in [0.05, 0.1) is 11.7 Å². The highest BCUT2D eigenvalue weighted by molar-refractivity contribution is 7.71. The van der Waals surface area contributed by atoms with Gasteiger partial charge in [0, 0.05) is 25.9 Å². The summed E-state index contributed by atoms with van der Waals surface area (Å²) < 4.78 is 6.44. The molecule has 0 spiro atoms. The number of pyridine rings is 1. The average molecular weight is 342 g/mol. The monoisotopic (exact) mass is 342 g/mol. The Labute approximate surface area is 147 Å². The number of nitrogens with zero attached hydrogens (tertiary/aromatic N) is 1. The third-order valence-electron chi connectivity index (χ3n) is 4.29. The molecule has 1 unspecified atom stereocenters. The van der Waals surface area contributed by atoms with Crippen molar-refractivity contribution in [1.29, 1.82) is 0 Å². The number of aromatic nitrogens is 1. The number of aromatic amines is 1. The van der Waals surface area contributed by atoms with Crippen LogP contribution in [0.25, 0.3) is 0 Å². The first kappa shape index (κ1) is 16.9. The van der Waals surface area contributed by atoms with E-state index in [0.29, 0.717) is 16.7 Å². The van der Waals surface area contributed by atoms with Gasteiger partial charge in [-0.15, -0.1) is 0 Å². The minimum Gasteiger partial charge on any atom is -0.376 e. The maximum absolute atomic E-state index is 12.5. The van der Waals surface area contributed by atoms with E-state index in [1.165, 1.54) is 5.56 Å². The SMILES string of the molecule is O=C(c1ccc[nH]c1=S)N1CCC(OCCCc2ccccc2)C1. The lowest BCUT2D eigenvalue weighted by Gasteiger charge is -2.17. The topological polar surface area (TPSA) is 45.3 Å². The van der Waals surface area contributed by atoms with Crippen LogP contribution >= 0.6 is 12.2 Å². The van der Waals surface area contributed by atoms with E-state index in [2.05, 4.69) is 29.2 Å². The predicted molar refractivity (Wildman–Crippen MR) is 96.7 cm³/mol. The smallest absolute Gasteiger partial charge is 0.256 e. The van der Waals surface area contributed by atoms with Crippen LogP contribution in [0.2, 0.25) is 0 Å². The van der Waals surface area contributed by atoms with Crippen LogP contribution in [0.5, 0.6) is 0 Å². The summed E-state index contributed by atoms with van der Waals surface area (Å²) in [5, 5.41) is 0. The zero-order chi connectivity index (χ0) is 16.8. The van der Waals surface area contributed by atoms with Gasteiger partial charge in [0.2, 0.25) is 0 Å². The number of nitrogens with one attached hydrogen (secondary N) is 1. The molecule has 4 nitrogen and oxygen atoms in total. The lowest BCUT2D eigenvalue weighted by atomic mass is 10.1. The van der Waals surface area contributed by atoms with Gasteiger partial charge in [-0.25, -0.2) is 0 Å². The quantitative estimate of drug-likeness (QED) is 0.644. The maximum atomic E-state index is 12.5. The van der Waals surface area contributed by atoms with Crippen molar-refractivity contribution in [1.82, 2.24) is 9.88 Å². The Morgan fingerprint density at radius 3 is 2.88 bits per heavy atom. The van der Waals surface area contributed by atoms with Crippen LogP contribution in [-0.2, 0) is 11.2 Å². The summed E-state index contributed by atoms with van der Waals surface area (Å²) in [5.74, 6) is -0.00719. The van der Waals surface area contributed by atoms with Gasteiger partial charge in [0.1, 0.15) is 4.64 Å². The van der Waals surface area contributed by atoms with Crippen LogP contribution < -0.4 is 0 Å². The number of hydrogen-bond donors (Lipinski definition) is 1. The zero-order valence-corrected chi connectivity index (χ0v) is 14.4. The molecule has 24 heavy (non-hydrogen) atoms. The molecule has 0 bridgehead atoms. The molecule has 2 aromatic rings. The number of carbonyl (C=O) groups excluding carboxylic acids is 1. The van der Waals surface area contributed by atoms with Gasteiger partial charge < -0.3 is 14.6 Å². The molecule has 1 amide bonds. The Balaban J connectivity index is 1.43. The van der Waals surface area contributed by atoms with Crippen molar-refractivity contribution < 1.29 is 9.53 Å². The number of amides is 1. The van der Waals surface area contributed by atoms with Crippen molar-refractivity contribution in [2.45, 2.75) is 25.4 Å². The molecule has 126 valence electrons. The highest BCUT2D eigenvalue weighted by Crippen LogP contribution is 2.17. The second kappa shape index (κ2) is 8.22. The first-order chi connectivity index (χ1) is 11.7. The van der Waals surface area contributed by atoms with Crippen LogP contribution in [0.1, 0.15) is 28.8 Å². The lowest BCUT2D eigenvalue weighted by Crippen LogP contribution is -2.30. The standard InChI is InChI=1S/C19H22N2O2S/c22-19(17-9-4-11-20-18(17)24)21-12-10-16(14-21)23-13-5-8-15-6-2-1-3-7-15/h1-4,6-7,9,11,16H,5,8,10,12-14H2,(H,20,24). The minimum atomic E-state index is -0.00719. The van der Waals surface area contributed by atoms with Gasteiger partial charge in [0.25, 0.3) is 5.91 Å². The summed E-state index contributed by atoms with van der Waals surface area (Å²) in [6, 6.07) is 14.0.